The van der Waals surface area contributed by atoms with E-state index in [0.29, 0.717) is 11.7 Å². The summed E-state index contributed by atoms with van der Waals surface area (Å²) >= 11 is 0. The Morgan fingerprint density at radius 2 is 1.81 bits per heavy atom. The molecule has 0 N–H and O–H groups in total. The first-order valence-electron chi connectivity index (χ1n) is 11.1. The van der Waals surface area contributed by atoms with Gasteiger partial charge in [0.2, 0.25) is 0 Å². The van der Waals surface area contributed by atoms with Crippen molar-refractivity contribution in [1.29, 1.82) is 0 Å². The fourth-order valence-electron chi connectivity index (χ4n) is 7.83. The van der Waals surface area contributed by atoms with Gasteiger partial charge in [0.25, 0.3) is 0 Å². The number of allylic oxidation sites excluding steroid dienone is 1. The van der Waals surface area contributed by atoms with Crippen LogP contribution in [0, 0.1) is 34.5 Å². The molecule has 0 amide bonds. The van der Waals surface area contributed by atoms with Crippen molar-refractivity contribution in [2.75, 3.05) is 0 Å². The van der Waals surface area contributed by atoms with Crippen LogP contribution in [0.2, 0.25) is 0 Å². The van der Waals surface area contributed by atoms with Gasteiger partial charge in [-0.2, -0.15) is 0 Å². The molecule has 0 saturated heterocycles. The number of carbonyl (C=O) groups excluding carboxylic acids is 2. The zero-order valence-electron chi connectivity index (χ0n) is 17.6. The molecule has 0 aliphatic heterocycles. The average molecular weight is 373 g/mol. The summed E-state index contributed by atoms with van der Waals surface area (Å²) in [5.74, 6) is 2.70. The summed E-state index contributed by atoms with van der Waals surface area (Å²) in [5, 5.41) is 0. The second-order valence-corrected chi connectivity index (χ2v) is 10.4. The topological polar surface area (TPSA) is 43.4 Å². The van der Waals surface area contributed by atoms with Crippen molar-refractivity contribution >= 4 is 11.8 Å². The van der Waals surface area contributed by atoms with E-state index < -0.39 is 0 Å². The van der Waals surface area contributed by atoms with Crippen LogP contribution in [0.3, 0.4) is 0 Å². The molecule has 0 aromatic heterocycles. The van der Waals surface area contributed by atoms with E-state index in [1.165, 1.54) is 32.6 Å². The maximum atomic E-state index is 12.4. The Bertz CT molecular complexity index is 665. The zero-order chi connectivity index (χ0) is 19.4. The highest BCUT2D eigenvalue weighted by Crippen LogP contribution is 2.65. The van der Waals surface area contributed by atoms with Crippen LogP contribution in [0.15, 0.2) is 11.6 Å². The highest BCUT2D eigenvalue weighted by molar-refractivity contribution is 5.79. The van der Waals surface area contributed by atoms with Gasteiger partial charge in [0.1, 0.15) is 11.9 Å². The van der Waals surface area contributed by atoms with Crippen LogP contribution >= 0.6 is 0 Å². The summed E-state index contributed by atoms with van der Waals surface area (Å²) in [7, 11) is 0. The molecule has 0 aromatic rings. The number of hydrogen-bond acceptors (Lipinski definition) is 3. The third-order valence-corrected chi connectivity index (χ3v) is 9.12. The molecule has 3 unspecified atom stereocenters. The molecule has 3 nitrogen and oxygen atoms in total. The molecule has 0 radical (unpaired) electrons. The molecule has 3 saturated carbocycles. The van der Waals surface area contributed by atoms with Crippen LogP contribution in [0.25, 0.3) is 0 Å². The van der Waals surface area contributed by atoms with E-state index in [9.17, 15) is 9.59 Å². The van der Waals surface area contributed by atoms with Crippen molar-refractivity contribution < 1.29 is 14.3 Å². The van der Waals surface area contributed by atoms with E-state index in [2.05, 4.69) is 19.9 Å². The molecule has 4 aliphatic carbocycles. The van der Waals surface area contributed by atoms with E-state index in [1.807, 2.05) is 6.92 Å². The lowest BCUT2D eigenvalue weighted by atomic mass is 9.43. The molecule has 0 spiro atoms. The molecular formula is C24H36O3. The van der Waals surface area contributed by atoms with Crippen LogP contribution < -0.4 is 0 Å². The monoisotopic (exact) mass is 372 g/mol. The molecule has 3 fully saturated rings. The van der Waals surface area contributed by atoms with Crippen molar-refractivity contribution in [1.82, 2.24) is 0 Å². The second kappa shape index (κ2) is 6.74. The van der Waals surface area contributed by atoms with Gasteiger partial charge in [0.05, 0.1) is 0 Å². The molecule has 0 bridgehead atoms. The largest absolute Gasteiger partial charge is 0.462 e. The highest BCUT2D eigenvalue weighted by Gasteiger charge is 2.58. The lowest BCUT2D eigenvalue weighted by molar-refractivity contribution is -0.150. The predicted octanol–water partition coefficient (Wildman–Crippen LogP) is 5.48. The Balaban J connectivity index is 1.60. The van der Waals surface area contributed by atoms with E-state index in [-0.39, 0.29) is 28.8 Å². The second-order valence-electron chi connectivity index (χ2n) is 10.4. The van der Waals surface area contributed by atoms with Crippen LogP contribution in [-0.2, 0) is 14.3 Å². The Morgan fingerprint density at radius 1 is 1.04 bits per heavy atom. The van der Waals surface area contributed by atoms with Gasteiger partial charge in [0, 0.05) is 19.3 Å². The molecule has 4 rings (SSSR count). The van der Waals surface area contributed by atoms with E-state index in [4.69, 9.17) is 4.74 Å². The zero-order valence-corrected chi connectivity index (χ0v) is 17.6. The standard InChI is InChI=1S/C24H36O3/c1-15(25)20-6-5-7-21-19-9-8-17-14-18(27-16(2)26)10-12-23(17,3)22(19)11-13-24(20,21)4/h8,18-22H,5-7,9-14H2,1-4H3/t18-,19?,20+,21?,22?,23-,24+/m0/s1. The summed E-state index contributed by atoms with van der Waals surface area (Å²) in [6, 6.07) is 0. The number of rotatable bonds is 2. The lowest BCUT2D eigenvalue weighted by Crippen LogP contribution is -2.55. The molecular weight excluding hydrogens is 336 g/mol. The summed E-state index contributed by atoms with van der Waals surface area (Å²) in [5.41, 5.74) is 2.02. The minimum atomic E-state index is -0.149. The van der Waals surface area contributed by atoms with E-state index >= 15 is 0 Å². The predicted molar refractivity (Wildman–Crippen MR) is 106 cm³/mol. The summed E-state index contributed by atoms with van der Waals surface area (Å²) in [4.78, 5) is 23.8. The first-order valence-corrected chi connectivity index (χ1v) is 11.1. The maximum Gasteiger partial charge on any atom is 0.302 e. The van der Waals surface area contributed by atoms with Gasteiger partial charge in [-0.05, 0) is 80.5 Å². The molecule has 0 aromatic carbocycles. The molecule has 7 atom stereocenters. The Morgan fingerprint density at radius 3 is 2.52 bits per heavy atom. The van der Waals surface area contributed by atoms with Gasteiger partial charge in [-0.25, -0.2) is 0 Å². The number of ether oxygens (including phenoxy) is 1. The smallest absolute Gasteiger partial charge is 0.302 e. The normalized spacial score (nSPS) is 46.4. The fraction of sp³-hybridized carbons (Fsp3) is 0.833. The average Bonchev–Trinajstić information content (AvgIpc) is 2.60. The quantitative estimate of drug-likeness (QED) is 0.476. The minimum absolute atomic E-state index is 0.0732. The molecule has 150 valence electrons. The van der Waals surface area contributed by atoms with E-state index in [1.54, 1.807) is 5.57 Å². The number of esters is 1. The number of carbonyl (C=O) groups is 2. The number of ketones is 1. The molecule has 3 heteroatoms. The Labute approximate surface area is 164 Å². The fourth-order valence-corrected chi connectivity index (χ4v) is 7.83. The summed E-state index contributed by atoms with van der Waals surface area (Å²) in [6.45, 7) is 8.25. The first kappa shape index (κ1) is 19.2. The number of hydrogen-bond donors (Lipinski definition) is 0. The van der Waals surface area contributed by atoms with Crippen LogP contribution in [0.5, 0.6) is 0 Å². The van der Waals surface area contributed by atoms with E-state index in [0.717, 1.165) is 43.9 Å². The minimum Gasteiger partial charge on any atom is -0.462 e. The summed E-state index contributed by atoms with van der Waals surface area (Å²) in [6.07, 6.45) is 12.9. The van der Waals surface area contributed by atoms with Gasteiger partial charge < -0.3 is 4.74 Å². The van der Waals surface area contributed by atoms with Crippen LogP contribution in [-0.4, -0.2) is 17.9 Å². The number of fused-ring (bicyclic) bond motifs is 5. The van der Waals surface area contributed by atoms with Gasteiger partial charge in [-0.15, -0.1) is 0 Å². The molecule has 0 heterocycles. The number of Topliss-reactive ketones (excluding diaryl/α,β-unsaturated/α-hetero) is 1. The van der Waals surface area contributed by atoms with Crippen LogP contribution in [0.1, 0.15) is 85.5 Å². The lowest BCUT2D eigenvalue weighted by Gasteiger charge is -2.61. The van der Waals surface area contributed by atoms with Gasteiger partial charge in [0.15, 0.2) is 0 Å². The third-order valence-electron chi connectivity index (χ3n) is 9.12. The highest BCUT2D eigenvalue weighted by atomic mass is 16.5. The van der Waals surface area contributed by atoms with Crippen LogP contribution in [0.4, 0.5) is 0 Å². The Hall–Kier alpha value is -1.12. The van der Waals surface area contributed by atoms with Crippen molar-refractivity contribution in [2.45, 2.75) is 91.6 Å². The SMILES string of the molecule is CC(=O)O[C@H]1CC[C@@]2(C)C(=CCC3C2CC[C@@]2(C)C3CCC[C@@H]2C(C)=O)C1. The van der Waals surface area contributed by atoms with Crippen molar-refractivity contribution in [3.63, 3.8) is 0 Å². The van der Waals surface area contributed by atoms with Crippen molar-refractivity contribution in [3.05, 3.63) is 11.6 Å². The van der Waals surface area contributed by atoms with Gasteiger partial charge >= 0.3 is 5.97 Å². The molecule has 27 heavy (non-hydrogen) atoms. The van der Waals surface area contributed by atoms with Crippen molar-refractivity contribution in [3.8, 4) is 0 Å². The maximum absolute atomic E-state index is 12.4. The Kier molecular flexibility index (Phi) is 4.79. The molecule has 4 aliphatic rings. The van der Waals surface area contributed by atoms with Crippen molar-refractivity contribution in [2.24, 2.45) is 34.5 Å². The van der Waals surface area contributed by atoms with Gasteiger partial charge in [-0.1, -0.05) is 31.9 Å². The third kappa shape index (κ3) is 3.00. The first-order chi connectivity index (χ1) is 12.8. The summed E-state index contributed by atoms with van der Waals surface area (Å²) < 4.78 is 5.55. The van der Waals surface area contributed by atoms with Gasteiger partial charge in [-0.3, -0.25) is 9.59 Å².